The molecule has 0 bridgehead atoms. The number of rotatable bonds is 6. The highest BCUT2D eigenvalue weighted by Crippen LogP contribution is 2.37. The summed E-state index contributed by atoms with van der Waals surface area (Å²) in [6, 6.07) is 0.250. The Morgan fingerprint density at radius 1 is 1.16 bits per heavy atom. The fourth-order valence-electron chi connectivity index (χ4n) is 4.14. The number of aromatic nitrogens is 1. The van der Waals surface area contributed by atoms with Crippen LogP contribution in [-0.4, -0.2) is 103 Å². The van der Waals surface area contributed by atoms with Gasteiger partial charge in [0.1, 0.15) is 11.7 Å². The lowest BCUT2D eigenvalue weighted by atomic mass is 9.79. The van der Waals surface area contributed by atoms with E-state index >= 15 is 0 Å². The van der Waals surface area contributed by atoms with Gasteiger partial charge in [-0.1, -0.05) is 0 Å². The Bertz CT molecular complexity index is 1040. The van der Waals surface area contributed by atoms with Crippen molar-refractivity contribution in [3.05, 3.63) is 17.8 Å². The summed E-state index contributed by atoms with van der Waals surface area (Å²) < 4.78 is 77.2. The Labute approximate surface area is 213 Å². The quantitative estimate of drug-likeness (QED) is 0.408. The predicted molar refractivity (Wildman–Crippen MR) is 125 cm³/mol. The van der Waals surface area contributed by atoms with Gasteiger partial charge in [0.2, 0.25) is 11.5 Å². The van der Waals surface area contributed by atoms with Gasteiger partial charge in [-0.05, 0) is 40.7 Å². The molecule has 37 heavy (non-hydrogen) atoms. The van der Waals surface area contributed by atoms with Crippen LogP contribution in [0.1, 0.15) is 45.0 Å². The van der Waals surface area contributed by atoms with Crippen LogP contribution in [0, 0.1) is 0 Å². The third kappa shape index (κ3) is 5.02. The number of carbonyl (C=O) groups is 2. The first-order valence-corrected chi connectivity index (χ1v) is 11.6. The monoisotopic (exact) mass is 533 g/mol. The number of hydrogen-bond donors (Lipinski definition) is 0. The number of methoxy groups -OCH3 is 2. The van der Waals surface area contributed by atoms with Crippen molar-refractivity contribution in [3.63, 3.8) is 0 Å². The van der Waals surface area contributed by atoms with Crippen LogP contribution >= 0.6 is 0 Å². The molecular weight excluding hydrogens is 501 g/mol. The Balaban J connectivity index is 1.85. The number of alkyl halides is 4. The Kier molecular flexibility index (Phi) is 7.63. The van der Waals surface area contributed by atoms with Gasteiger partial charge >= 0.3 is 13.3 Å². The summed E-state index contributed by atoms with van der Waals surface area (Å²) >= 11 is 0. The number of hydrogen-bond acceptors (Lipinski definition) is 7. The third-order valence-electron chi connectivity index (χ3n) is 7.50. The molecule has 206 valence electrons. The van der Waals surface area contributed by atoms with Gasteiger partial charge in [0.05, 0.1) is 30.9 Å². The average molecular weight is 533 g/mol. The van der Waals surface area contributed by atoms with Crippen molar-refractivity contribution < 1.29 is 45.9 Å². The van der Waals surface area contributed by atoms with Gasteiger partial charge in [0, 0.05) is 32.4 Å². The largest absolute Gasteiger partial charge is 0.496 e. The molecule has 0 radical (unpaired) electrons. The minimum Gasteiger partial charge on any atom is -0.480 e. The summed E-state index contributed by atoms with van der Waals surface area (Å²) in [6.45, 7) is 6.97. The molecule has 9 nitrogen and oxygen atoms in total. The molecular formula is C23H32BF4N3O6. The minimum atomic E-state index is -5.02. The molecule has 2 fully saturated rings. The van der Waals surface area contributed by atoms with E-state index in [1.54, 1.807) is 0 Å². The number of nitrogens with zero attached hydrogens (tertiary/aromatic N) is 3. The first kappa shape index (κ1) is 29.1. The first-order chi connectivity index (χ1) is 16.9. The molecule has 2 amide bonds. The van der Waals surface area contributed by atoms with Gasteiger partial charge in [-0.3, -0.25) is 9.59 Å². The lowest BCUT2D eigenvalue weighted by molar-refractivity contribution is -0.258. The fraction of sp³-hybridized carbons (Fsp3) is 0.696. The number of likely N-dealkylation sites (tertiary alicyclic amines) is 1. The Morgan fingerprint density at radius 3 is 2.22 bits per heavy atom. The normalized spacial score (nSPS) is 24.6. The van der Waals surface area contributed by atoms with E-state index in [2.05, 4.69) is 9.72 Å². The maximum absolute atomic E-state index is 15.0. The number of halogens is 4. The number of carbonyl (C=O) groups excluding carboxylic acids is 2. The van der Waals surface area contributed by atoms with E-state index in [1.165, 1.54) is 26.4 Å². The number of pyridine rings is 1. The summed E-state index contributed by atoms with van der Waals surface area (Å²) in [6.07, 6.45) is -5.37. The fourth-order valence-corrected chi connectivity index (χ4v) is 4.14. The first-order valence-electron chi connectivity index (χ1n) is 11.6. The standard InChI is InChI=1S/C23H32BF4N3O6/c1-20(2)21(3,4)37-24(36-20)13-9-14(17(34-7)29-10-13)18(32)30(6)16-12-31(11-15(16)25)19(33)22(5,35-8)23(26,27)28/h9-10,15-16H,11-12H2,1-8H3/t15-,16+,22+/m0/s1. The van der Waals surface area contributed by atoms with Crippen LogP contribution in [0.15, 0.2) is 12.3 Å². The molecule has 2 aliphatic heterocycles. The summed E-state index contributed by atoms with van der Waals surface area (Å²) in [4.78, 5) is 32.0. The maximum Gasteiger partial charge on any atom is 0.496 e. The second-order valence-electron chi connectivity index (χ2n) is 10.4. The second-order valence-corrected chi connectivity index (χ2v) is 10.4. The van der Waals surface area contributed by atoms with Crippen molar-refractivity contribution in [2.24, 2.45) is 0 Å². The van der Waals surface area contributed by atoms with Crippen molar-refractivity contribution >= 4 is 24.4 Å². The highest BCUT2D eigenvalue weighted by atomic mass is 19.4. The van der Waals surface area contributed by atoms with Gasteiger partial charge in [0.25, 0.3) is 11.8 Å². The van der Waals surface area contributed by atoms with Crippen LogP contribution in [-0.2, 0) is 18.8 Å². The molecule has 14 heteroatoms. The zero-order valence-electron chi connectivity index (χ0n) is 22.1. The molecule has 3 atom stereocenters. The molecule has 0 N–H and O–H groups in total. The zero-order chi connectivity index (χ0) is 28.1. The van der Waals surface area contributed by atoms with Crippen LogP contribution in [0.3, 0.4) is 0 Å². The van der Waals surface area contributed by atoms with Gasteiger partial charge < -0.3 is 28.6 Å². The molecule has 3 rings (SSSR count). The summed E-state index contributed by atoms with van der Waals surface area (Å²) in [5, 5.41) is 0. The van der Waals surface area contributed by atoms with Gasteiger partial charge in [0.15, 0.2) is 0 Å². The molecule has 2 aliphatic rings. The summed E-state index contributed by atoms with van der Waals surface area (Å²) in [5.41, 5.74) is -4.03. The molecule has 0 saturated carbocycles. The minimum absolute atomic E-state index is 0.0220. The molecule has 0 aromatic carbocycles. The molecule has 0 unspecified atom stereocenters. The van der Waals surface area contributed by atoms with E-state index in [-0.39, 0.29) is 11.4 Å². The molecule has 1 aromatic heterocycles. The highest BCUT2D eigenvalue weighted by Gasteiger charge is 2.60. The van der Waals surface area contributed by atoms with E-state index < -0.39 is 67.2 Å². The number of ether oxygens (including phenoxy) is 2. The van der Waals surface area contributed by atoms with Crippen molar-refractivity contribution in [2.45, 2.75) is 69.8 Å². The molecule has 1 aromatic rings. The van der Waals surface area contributed by atoms with Crippen molar-refractivity contribution in [1.82, 2.24) is 14.8 Å². The van der Waals surface area contributed by atoms with Crippen LogP contribution < -0.4 is 10.2 Å². The lowest BCUT2D eigenvalue weighted by Gasteiger charge is -2.33. The van der Waals surface area contributed by atoms with Gasteiger partial charge in [-0.25, -0.2) is 9.37 Å². The predicted octanol–water partition coefficient (Wildman–Crippen LogP) is 1.98. The average Bonchev–Trinajstić information content (AvgIpc) is 3.31. The van der Waals surface area contributed by atoms with Gasteiger partial charge in [-0.2, -0.15) is 13.2 Å². The number of likely N-dealkylation sites (N-methyl/N-ethyl adjacent to an activating group) is 1. The SMILES string of the molecule is COc1ncc(B2OC(C)(C)C(C)(C)O2)cc1C(=O)N(C)[C@@H]1CN(C(=O)[C@@](C)(OC)C(F)(F)F)C[C@@H]1F. The van der Waals surface area contributed by atoms with Crippen molar-refractivity contribution in [2.75, 3.05) is 34.4 Å². The summed E-state index contributed by atoms with van der Waals surface area (Å²) in [5.74, 6) is -2.17. The van der Waals surface area contributed by atoms with E-state index in [0.29, 0.717) is 17.3 Å². The topological polar surface area (TPSA) is 90.4 Å². The zero-order valence-corrected chi connectivity index (χ0v) is 22.1. The smallest absolute Gasteiger partial charge is 0.480 e. The Hall–Kier alpha value is -2.45. The maximum atomic E-state index is 15.0. The van der Waals surface area contributed by atoms with Crippen LogP contribution in [0.5, 0.6) is 5.88 Å². The second kappa shape index (κ2) is 9.70. The van der Waals surface area contributed by atoms with E-state index in [4.69, 9.17) is 14.0 Å². The highest BCUT2D eigenvalue weighted by molar-refractivity contribution is 6.62. The molecule has 0 aliphatic carbocycles. The van der Waals surface area contributed by atoms with E-state index in [9.17, 15) is 27.2 Å². The van der Waals surface area contributed by atoms with Crippen LogP contribution in [0.4, 0.5) is 17.6 Å². The van der Waals surface area contributed by atoms with E-state index in [1.807, 2.05) is 27.7 Å². The van der Waals surface area contributed by atoms with E-state index in [0.717, 1.165) is 12.0 Å². The van der Waals surface area contributed by atoms with Crippen LogP contribution in [0.25, 0.3) is 0 Å². The van der Waals surface area contributed by atoms with Crippen LogP contribution in [0.2, 0.25) is 0 Å². The van der Waals surface area contributed by atoms with Gasteiger partial charge in [-0.15, -0.1) is 0 Å². The molecule has 3 heterocycles. The molecule has 0 spiro atoms. The van der Waals surface area contributed by atoms with Crippen molar-refractivity contribution in [3.8, 4) is 5.88 Å². The lowest BCUT2D eigenvalue weighted by Crippen LogP contribution is -2.57. The summed E-state index contributed by atoms with van der Waals surface area (Å²) in [7, 11) is 2.54. The molecule has 2 saturated heterocycles. The van der Waals surface area contributed by atoms with Crippen molar-refractivity contribution in [1.29, 1.82) is 0 Å². The third-order valence-corrected chi connectivity index (χ3v) is 7.50. The number of amides is 2. The Morgan fingerprint density at radius 2 is 1.73 bits per heavy atom.